The minimum absolute atomic E-state index is 0.150. The summed E-state index contributed by atoms with van der Waals surface area (Å²) in [5, 5.41) is 0. The lowest BCUT2D eigenvalue weighted by Gasteiger charge is -2.11. The second kappa shape index (κ2) is 5.52. The van der Waals surface area contributed by atoms with E-state index in [2.05, 4.69) is 4.98 Å². The van der Waals surface area contributed by atoms with Crippen LogP contribution in [-0.4, -0.2) is 13.4 Å². The zero-order chi connectivity index (χ0) is 16.5. The average Bonchev–Trinajstić information content (AvgIpc) is 2.36. The molecule has 0 saturated heterocycles. The summed E-state index contributed by atoms with van der Waals surface area (Å²) in [7, 11) is -4.48. The van der Waals surface area contributed by atoms with Gasteiger partial charge in [-0.05, 0) is 30.3 Å². The second-order valence-corrected chi connectivity index (χ2v) is 5.77. The van der Waals surface area contributed by atoms with E-state index in [9.17, 15) is 30.4 Å². The first kappa shape index (κ1) is 16.1. The van der Waals surface area contributed by atoms with Crippen LogP contribution in [0.4, 0.5) is 27.8 Å². The van der Waals surface area contributed by atoms with Gasteiger partial charge in [0.1, 0.15) is 11.6 Å². The number of hydrogen-bond acceptors (Lipinski definition) is 3. The number of halogens is 5. The van der Waals surface area contributed by atoms with E-state index in [0.29, 0.717) is 12.1 Å². The first-order valence-corrected chi connectivity index (χ1v) is 7.10. The van der Waals surface area contributed by atoms with Gasteiger partial charge in [-0.3, -0.25) is 4.72 Å². The zero-order valence-corrected chi connectivity index (χ0v) is 11.3. The monoisotopic (exact) mass is 338 g/mol. The summed E-state index contributed by atoms with van der Waals surface area (Å²) in [5.41, 5.74) is -1.72. The van der Waals surface area contributed by atoms with Gasteiger partial charge in [-0.2, -0.15) is 17.6 Å². The van der Waals surface area contributed by atoms with E-state index in [1.54, 1.807) is 4.72 Å². The molecule has 0 spiro atoms. The van der Waals surface area contributed by atoms with Crippen LogP contribution in [0.1, 0.15) is 5.56 Å². The molecular weight excluding hydrogens is 331 g/mol. The largest absolute Gasteiger partial charge is 0.419 e. The van der Waals surface area contributed by atoms with Crippen LogP contribution >= 0.6 is 0 Å². The first-order valence-electron chi connectivity index (χ1n) is 5.62. The molecule has 2 rings (SSSR count). The summed E-state index contributed by atoms with van der Waals surface area (Å²) in [6, 6.07) is 4.41. The molecule has 0 aliphatic heterocycles. The molecule has 22 heavy (non-hydrogen) atoms. The Bertz CT molecular complexity index is 805. The quantitative estimate of drug-likeness (QED) is 0.691. The molecular formula is C12H7F5N2O2S. The van der Waals surface area contributed by atoms with Gasteiger partial charge >= 0.3 is 6.18 Å². The molecule has 10 heteroatoms. The Balaban J connectivity index is 2.42. The number of nitrogens with one attached hydrogen (secondary N) is 1. The number of pyridine rings is 1. The van der Waals surface area contributed by atoms with Crippen molar-refractivity contribution in [2.75, 3.05) is 4.72 Å². The van der Waals surface area contributed by atoms with Crippen molar-refractivity contribution in [1.29, 1.82) is 0 Å². The lowest BCUT2D eigenvalue weighted by molar-refractivity contribution is -0.140. The van der Waals surface area contributed by atoms with Crippen molar-refractivity contribution in [3.05, 3.63) is 53.7 Å². The van der Waals surface area contributed by atoms with Crippen LogP contribution in [-0.2, 0) is 16.2 Å². The first-order chi connectivity index (χ1) is 10.1. The number of nitrogens with zero attached hydrogens (tertiary/aromatic N) is 1. The van der Waals surface area contributed by atoms with E-state index in [1.165, 1.54) is 0 Å². The molecule has 0 aliphatic rings. The van der Waals surface area contributed by atoms with Crippen molar-refractivity contribution in [1.82, 2.24) is 4.98 Å². The van der Waals surface area contributed by atoms with Gasteiger partial charge in [0.15, 0.2) is 0 Å². The van der Waals surface area contributed by atoms with Crippen LogP contribution in [0.25, 0.3) is 0 Å². The normalized spacial score (nSPS) is 12.2. The standard InChI is InChI=1S/C12H7F5N2O2S/c13-9-5-4-7(6-8(9)12(15,16)17)22(20,21)19-11-3-1-2-10(14)18-11/h1-6H,(H,18,19). The third kappa shape index (κ3) is 3.50. The molecule has 4 nitrogen and oxygen atoms in total. The number of rotatable bonds is 3. The summed E-state index contributed by atoms with van der Waals surface area (Å²) < 4.78 is 89.4. The van der Waals surface area contributed by atoms with E-state index >= 15 is 0 Å². The van der Waals surface area contributed by atoms with E-state index in [-0.39, 0.29) is 6.07 Å². The molecule has 0 fully saturated rings. The van der Waals surface area contributed by atoms with Crippen LogP contribution < -0.4 is 4.72 Å². The highest BCUT2D eigenvalue weighted by Crippen LogP contribution is 2.33. The van der Waals surface area contributed by atoms with E-state index < -0.39 is 44.2 Å². The lowest BCUT2D eigenvalue weighted by Crippen LogP contribution is -2.16. The fourth-order valence-electron chi connectivity index (χ4n) is 1.55. The number of alkyl halides is 3. The summed E-state index contributed by atoms with van der Waals surface area (Å²) in [4.78, 5) is 2.39. The fraction of sp³-hybridized carbons (Fsp3) is 0.0833. The SMILES string of the molecule is O=S(=O)(Nc1cccc(F)n1)c1ccc(F)c(C(F)(F)F)c1. The highest BCUT2D eigenvalue weighted by atomic mass is 32.2. The van der Waals surface area contributed by atoms with Gasteiger partial charge in [0, 0.05) is 0 Å². The number of benzene rings is 1. The van der Waals surface area contributed by atoms with Crippen molar-refractivity contribution in [2.45, 2.75) is 11.1 Å². The Hall–Kier alpha value is -2.23. The molecule has 0 radical (unpaired) electrons. The molecule has 1 heterocycles. The summed E-state index contributed by atoms with van der Waals surface area (Å²) >= 11 is 0. The third-order valence-corrected chi connectivity index (χ3v) is 3.86. The van der Waals surface area contributed by atoms with Crippen molar-refractivity contribution in [3.63, 3.8) is 0 Å². The molecule has 0 unspecified atom stereocenters. The number of hydrogen-bond donors (Lipinski definition) is 1. The van der Waals surface area contributed by atoms with Crippen LogP contribution in [0.15, 0.2) is 41.3 Å². The molecule has 0 atom stereocenters. The van der Waals surface area contributed by atoms with Crippen LogP contribution in [0.2, 0.25) is 0 Å². The summed E-state index contributed by atoms with van der Waals surface area (Å²) in [6.45, 7) is 0. The average molecular weight is 338 g/mol. The Morgan fingerprint density at radius 1 is 1.05 bits per heavy atom. The molecule has 1 aromatic carbocycles. The predicted octanol–water partition coefficient (Wildman–Crippen LogP) is 3.18. The van der Waals surface area contributed by atoms with Gasteiger partial charge in [-0.15, -0.1) is 0 Å². The van der Waals surface area contributed by atoms with Gasteiger partial charge in [0.05, 0.1) is 10.5 Å². The van der Waals surface area contributed by atoms with Gasteiger partial charge in [0.25, 0.3) is 10.0 Å². The molecule has 2 aromatic rings. The smallest absolute Gasteiger partial charge is 0.263 e. The molecule has 1 aromatic heterocycles. The minimum atomic E-state index is -5.05. The zero-order valence-electron chi connectivity index (χ0n) is 10.5. The highest BCUT2D eigenvalue weighted by molar-refractivity contribution is 7.92. The number of sulfonamides is 1. The Morgan fingerprint density at radius 3 is 2.32 bits per heavy atom. The van der Waals surface area contributed by atoms with Crippen molar-refractivity contribution in [2.24, 2.45) is 0 Å². The molecule has 0 bridgehead atoms. The maximum Gasteiger partial charge on any atom is 0.419 e. The lowest BCUT2D eigenvalue weighted by atomic mass is 10.2. The number of aromatic nitrogens is 1. The van der Waals surface area contributed by atoms with Crippen molar-refractivity contribution in [3.8, 4) is 0 Å². The number of anilines is 1. The second-order valence-electron chi connectivity index (χ2n) is 4.09. The molecule has 1 N–H and O–H groups in total. The van der Waals surface area contributed by atoms with E-state index in [0.717, 1.165) is 18.2 Å². The predicted molar refractivity (Wildman–Crippen MR) is 66.4 cm³/mol. The topological polar surface area (TPSA) is 59.1 Å². The molecule has 0 saturated carbocycles. The van der Waals surface area contributed by atoms with Crippen LogP contribution in [0.5, 0.6) is 0 Å². The molecule has 0 amide bonds. The summed E-state index contributed by atoms with van der Waals surface area (Å²) in [6.07, 6.45) is -5.05. The van der Waals surface area contributed by atoms with Gasteiger partial charge < -0.3 is 0 Å². The molecule has 118 valence electrons. The van der Waals surface area contributed by atoms with Crippen molar-refractivity contribution >= 4 is 15.8 Å². The Labute approximate surface area is 121 Å². The van der Waals surface area contributed by atoms with E-state index in [4.69, 9.17) is 0 Å². The maximum absolute atomic E-state index is 13.1. The molecule has 0 aliphatic carbocycles. The minimum Gasteiger partial charge on any atom is -0.263 e. The van der Waals surface area contributed by atoms with Gasteiger partial charge in [-0.25, -0.2) is 17.8 Å². The van der Waals surface area contributed by atoms with Crippen molar-refractivity contribution < 1.29 is 30.4 Å². The summed E-state index contributed by atoms with van der Waals surface area (Å²) in [5.74, 6) is -3.00. The van der Waals surface area contributed by atoms with Gasteiger partial charge in [-0.1, -0.05) is 6.07 Å². The Kier molecular flexibility index (Phi) is 4.05. The highest BCUT2D eigenvalue weighted by Gasteiger charge is 2.35. The van der Waals surface area contributed by atoms with Crippen LogP contribution in [0.3, 0.4) is 0 Å². The van der Waals surface area contributed by atoms with Gasteiger partial charge in [0.2, 0.25) is 5.95 Å². The van der Waals surface area contributed by atoms with E-state index in [1.807, 2.05) is 0 Å². The maximum atomic E-state index is 13.1. The fourth-order valence-corrected chi connectivity index (χ4v) is 2.58. The third-order valence-electron chi connectivity index (χ3n) is 2.51. The Morgan fingerprint density at radius 2 is 1.73 bits per heavy atom. The van der Waals surface area contributed by atoms with Crippen LogP contribution in [0, 0.1) is 11.8 Å².